The number of hydrogen-bond acceptors (Lipinski definition) is 0. The first kappa shape index (κ1) is 21.0. The van der Waals surface area contributed by atoms with E-state index < -0.39 is 11.7 Å². The largest absolute Gasteiger partial charge is 0.208 e. The minimum atomic E-state index is -0.658. The fourth-order valence-corrected chi connectivity index (χ4v) is 4.58. The van der Waals surface area contributed by atoms with Gasteiger partial charge in [-0.2, -0.15) is 0 Å². The van der Waals surface area contributed by atoms with Gasteiger partial charge in [-0.15, -0.1) is 0 Å². The van der Waals surface area contributed by atoms with E-state index in [-0.39, 0.29) is 5.92 Å². The van der Waals surface area contributed by atoms with Gasteiger partial charge >= 0.3 is 0 Å². The highest BCUT2D eigenvalue weighted by molar-refractivity contribution is 5.86. The van der Waals surface area contributed by atoms with Crippen LogP contribution in [0.25, 0.3) is 16.6 Å². The van der Waals surface area contributed by atoms with Gasteiger partial charge in [0.25, 0.3) is 0 Å². The topological polar surface area (TPSA) is 0 Å². The van der Waals surface area contributed by atoms with Crippen molar-refractivity contribution in [2.75, 3.05) is 0 Å². The van der Waals surface area contributed by atoms with Crippen molar-refractivity contribution in [2.24, 2.45) is 11.8 Å². The van der Waals surface area contributed by atoms with E-state index in [1.165, 1.54) is 31.2 Å². The van der Waals surface area contributed by atoms with E-state index in [9.17, 15) is 8.78 Å². The number of fused-ring (bicyclic) bond motifs is 1. The molecule has 152 valence electrons. The number of benzene rings is 2. The lowest BCUT2D eigenvalue weighted by Crippen LogP contribution is -2.15. The third-order valence-corrected chi connectivity index (χ3v) is 6.33. The summed E-state index contributed by atoms with van der Waals surface area (Å²) in [6.45, 7) is 4.38. The highest BCUT2D eigenvalue weighted by Gasteiger charge is 2.26. The van der Waals surface area contributed by atoms with Crippen molar-refractivity contribution in [3.63, 3.8) is 0 Å². The number of hydrogen-bond donors (Lipinski definition) is 0. The first-order valence-corrected chi connectivity index (χ1v) is 11.2. The van der Waals surface area contributed by atoms with Crippen LogP contribution in [0, 0.1) is 11.8 Å². The van der Waals surface area contributed by atoms with Crippen LogP contribution >= 0.6 is 0 Å². The molecule has 0 unspecified atom stereocenters. The smallest absolute Gasteiger partial charge is 0.162 e. The van der Waals surface area contributed by atoms with Crippen LogP contribution in [0.1, 0.15) is 82.8 Å². The molecule has 0 saturated heterocycles. The first-order valence-electron chi connectivity index (χ1n) is 11.2. The minimum Gasteiger partial charge on any atom is -0.208 e. The highest BCUT2D eigenvalue weighted by Crippen LogP contribution is 2.39. The summed E-state index contributed by atoms with van der Waals surface area (Å²) in [4.78, 5) is 0. The molecule has 2 heteroatoms. The van der Waals surface area contributed by atoms with Gasteiger partial charge in [0.2, 0.25) is 0 Å². The molecule has 3 rings (SSSR count). The molecular weight excluding hydrogens is 350 g/mol. The lowest BCUT2D eigenvalue weighted by Gasteiger charge is -2.27. The normalized spacial score (nSPS) is 21.0. The van der Waals surface area contributed by atoms with Gasteiger partial charge in [0, 0.05) is 11.5 Å². The van der Waals surface area contributed by atoms with Crippen molar-refractivity contribution in [1.29, 1.82) is 0 Å². The molecule has 2 aromatic carbocycles. The van der Waals surface area contributed by atoms with Gasteiger partial charge in [-0.05, 0) is 60.4 Å². The minimum absolute atomic E-state index is 0.245. The van der Waals surface area contributed by atoms with Crippen LogP contribution in [-0.4, -0.2) is 0 Å². The number of allylic oxidation sites excluding steroid dienone is 1. The summed E-state index contributed by atoms with van der Waals surface area (Å²) in [5, 5.41) is 2.07. The summed E-state index contributed by atoms with van der Waals surface area (Å²) in [5.41, 5.74) is 1.67. The predicted octanol–water partition coefficient (Wildman–Crippen LogP) is 8.79. The molecule has 1 aliphatic rings. The van der Waals surface area contributed by atoms with Gasteiger partial charge in [0.15, 0.2) is 5.83 Å². The summed E-state index contributed by atoms with van der Waals surface area (Å²) in [6, 6.07) is 11.7. The zero-order chi connectivity index (χ0) is 19.9. The Hall–Kier alpha value is -1.70. The van der Waals surface area contributed by atoms with Crippen LogP contribution < -0.4 is 0 Å². The molecule has 0 heterocycles. The maximum atomic E-state index is 14.9. The zero-order valence-electron chi connectivity index (χ0n) is 17.4. The molecule has 0 amide bonds. The second-order valence-electron chi connectivity index (χ2n) is 8.52. The lowest BCUT2D eigenvalue weighted by atomic mass is 9.79. The quantitative estimate of drug-likeness (QED) is 0.399. The average Bonchev–Trinajstić information content (AvgIpc) is 2.73. The van der Waals surface area contributed by atoms with Crippen LogP contribution in [0.5, 0.6) is 0 Å². The molecular formula is C26H34F2. The third kappa shape index (κ3) is 5.21. The summed E-state index contributed by atoms with van der Waals surface area (Å²) in [7, 11) is 0. The molecule has 0 nitrogen and oxygen atoms in total. The Morgan fingerprint density at radius 2 is 1.57 bits per heavy atom. The monoisotopic (exact) mass is 384 g/mol. The maximum absolute atomic E-state index is 14.9. The van der Waals surface area contributed by atoms with Gasteiger partial charge in [-0.25, -0.2) is 8.78 Å². The molecule has 0 spiro atoms. The Morgan fingerprint density at radius 3 is 2.29 bits per heavy atom. The Bertz CT molecular complexity index is 797. The summed E-state index contributed by atoms with van der Waals surface area (Å²) in [5.74, 6) is -0.732. The van der Waals surface area contributed by atoms with E-state index in [4.69, 9.17) is 0 Å². The van der Waals surface area contributed by atoms with Crippen LogP contribution in [0.2, 0.25) is 0 Å². The van der Waals surface area contributed by atoms with E-state index in [0.717, 1.165) is 49.3 Å². The summed E-state index contributed by atoms with van der Waals surface area (Å²) < 4.78 is 29.8. The predicted molar refractivity (Wildman–Crippen MR) is 117 cm³/mol. The van der Waals surface area contributed by atoms with Crippen LogP contribution in [0.3, 0.4) is 0 Å². The number of unbranched alkanes of at least 4 members (excludes halogenated alkanes) is 2. The Kier molecular flexibility index (Phi) is 7.65. The van der Waals surface area contributed by atoms with Crippen LogP contribution in [0.15, 0.2) is 42.2 Å². The maximum Gasteiger partial charge on any atom is 0.162 e. The van der Waals surface area contributed by atoms with Crippen molar-refractivity contribution in [3.8, 4) is 0 Å². The lowest BCUT2D eigenvalue weighted by molar-refractivity contribution is 0.258. The van der Waals surface area contributed by atoms with Crippen LogP contribution in [-0.2, 0) is 6.42 Å². The van der Waals surface area contributed by atoms with Gasteiger partial charge in [-0.1, -0.05) is 76.3 Å². The molecule has 0 N–H and O–H groups in total. The van der Waals surface area contributed by atoms with Gasteiger partial charge < -0.3 is 0 Å². The van der Waals surface area contributed by atoms with Crippen molar-refractivity contribution in [1.82, 2.24) is 0 Å². The first-order chi connectivity index (χ1) is 13.6. The van der Waals surface area contributed by atoms with E-state index >= 15 is 0 Å². The van der Waals surface area contributed by atoms with Gasteiger partial charge in [-0.3, -0.25) is 0 Å². The third-order valence-electron chi connectivity index (χ3n) is 6.33. The van der Waals surface area contributed by atoms with Gasteiger partial charge in [0.1, 0.15) is 5.83 Å². The molecule has 0 radical (unpaired) electrons. The molecule has 2 aromatic rings. The molecule has 0 aliphatic heterocycles. The summed E-state index contributed by atoms with van der Waals surface area (Å²) >= 11 is 0. The SMILES string of the molecule is CCCCCC1CCC(C(F)=C(F)c2ccc3cc(CCC)ccc3c2)CC1. The number of rotatable bonds is 8. The van der Waals surface area contributed by atoms with Crippen molar-refractivity contribution in [3.05, 3.63) is 53.4 Å². The fourth-order valence-electron chi connectivity index (χ4n) is 4.58. The van der Waals surface area contributed by atoms with Crippen LogP contribution in [0.4, 0.5) is 8.78 Å². The molecule has 1 aliphatic carbocycles. The van der Waals surface area contributed by atoms with E-state index in [1.807, 2.05) is 12.1 Å². The average molecular weight is 385 g/mol. The second kappa shape index (κ2) is 10.2. The van der Waals surface area contributed by atoms with E-state index in [1.54, 1.807) is 12.1 Å². The number of aryl methyl sites for hydroxylation is 1. The number of halogens is 2. The summed E-state index contributed by atoms with van der Waals surface area (Å²) in [6.07, 6.45) is 10.8. The van der Waals surface area contributed by atoms with Crippen molar-refractivity contribution in [2.45, 2.75) is 78.1 Å². The Labute approximate surface area is 169 Å². The second-order valence-corrected chi connectivity index (χ2v) is 8.52. The van der Waals surface area contributed by atoms with E-state index in [0.29, 0.717) is 11.5 Å². The highest BCUT2D eigenvalue weighted by atomic mass is 19.2. The zero-order valence-corrected chi connectivity index (χ0v) is 17.4. The van der Waals surface area contributed by atoms with E-state index in [2.05, 4.69) is 26.0 Å². The molecule has 0 aromatic heterocycles. The van der Waals surface area contributed by atoms with Gasteiger partial charge in [0.05, 0.1) is 0 Å². The molecule has 0 bridgehead atoms. The van der Waals surface area contributed by atoms with Crippen molar-refractivity contribution < 1.29 is 8.78 Å². The molecule has 1 fully saturated rings. The molecule has 28 heavy (non-hydrogen) atoms. The molecule has 0 atom stereocenters. The fraction of sp³-hybridized carbons (Fsp3) is 0.538. The molecule has 1 saturated carbocycles. The Balaban J connectivity index is 1.68. The standard InChI is InChI=1S/C26H34F2/c1-3-5-6-8-19-9-12-21(13-10-19)25(27)26(28)24-16-15-22-17-20(7-4-2)11-14-23(22)18-24/h11,14-19,21H,3-10,12-13H2,1-2H3. The Morgan fingerprint density at radius 1 is 0.857 bits per heavy atom. The van der Waals surface area contributed by atoms with Crippen molar-refractivity contribution >= 4 is 16.6 Å².